The van der Waals surface area contributed by atoms with Crippen LogP contribution >= 0.6 is 0 Å². The molecule has 0 radical (unpaired) electrons. The maximum Gasteiger partial charge on any atom is 0.254 e. The Hall–Kier alpha value is -2.03. The molecule has 20 heavy (non-hydrogen) atoms. The number of carbonyl (C=O) groups excluding carboxylic acids is 1. The van der Waals surface area contributed by atoms with Crippen LogP contribution in [0, 0.1) is 13.8 Å². The molecule has 3 rings (SSSR count). The van der Waals surface area contributed by atoms with Gasteiger partial charge in [0.05, 0.1) is 0 Å². The molecule has 0 saturated heterocycles. The Bertz CT molecular complexity index is 709. The Balaban J connectivity index is 1.95. The first-order valence-electron chi connectivity index (χ1n) is 7.10. The summed E-state index contributed by atoms with van der Waals surface area (Å²) in [5, 5.41) is 1.15. The van der Waals surface area contributed by atoms with E-state index in [-0.39, 0.29) is 5.91 Å². The first-order valence-corrected chi connectivity index (χ1v) is 7.10. The van der Waals surface area contributed by atoms with Crippen LogP contribution in [0.1, 0.15) is 35.0 Å². The van der Waals surface area contributed by atoms with Crippen LogP contribution in [-0.2, 0) is 0 Å². The molecule has 2 heterocycles. The number of H-pyrrole nitrogens is 1. The molecule has 1 aliphatic heterocycles. The average Bonchev–Trinajstić information content (AvgIpc) is 2.73. The minimum absolute atomic E-state index is 0.137. The highest BCUT2D eigenvalue weighted by Crippen LogP contribution is 2.23. The molecule has 104 valence electrons. The maximum absolute atomic E-state index is 12.6. The Labute approximate surface area is 119 Å². The second-order valence-corrected chi connectivity index (χ2v) is 5.70. The summed E-state index contributed by atoms with van der Waals surface area (Å²) in [6, 6.07) is 5.95. The van der Waals surface area contributed by atoms with Crippen molar-refractivity contribution in [2.45, 2.75) is 27.2 Å². The third-order valence-electron chi connectivity index (χ3n) is 4.17. The van der Waals surface area contributed by atoms with E-state index in [0.29, 0.717) is 0 Å². The fraction of sp³-hybridized carbons (Fsp3) is 0.353. The van der Waals surface area contributed by atoms with Crippen molar-refractivity contribution in [3.05, 3.63) is 46.7 Å². The predicted molar refractivity (Wildman–Crippen MR) is 82.1 cm³/mol. The van der Waals surface area contributed by atoms with Gasteiger partial charge in [0, 0.05) is 35.2 Å². The van der Waals surface area contributed by atoms with Crippen LogP contribution in [-0.4, -0.2) is 28.9 Å². The van der Waals surface area contributed by atoms with Gasteiger partial charge in [-0.15, -0.1) is 0 Å². The molecule has 0 saturated carbocycles. The molecular weight excluding hydrogens is 248 g/mol. The van der Waals surface area contributed by atoms with Crippen LogP contribution in [0.25, 0.3) is 10.9 Å². The summed E-state index contributed by atoms with van der Waals surface area (Å²) >= 11 is 0. The van der Waals surface area contributed by atoms with Crippen LogP contribution in [0.2, 0.25) is 0 Å². The van der Waals surface area contributed by atoms with Gasteiger partial charge in [-0.2, -0.15) is 0 Å². The van der Waals surface area contributed by atoms with Crippen LogP contribution in [0.5, 0.6) is 0 Å². The Morgan fingerprint density at radius 3 is 2.80 bits per heavy atom. The summed E-state index contributed by atoms with van der Waals surface area (Å²) < 4.78 is 0. The van der Waals surface area contributed by atoms with Crippen molar-refractivity contribution < 1.29 is 4.79 Å². The Morgan fingerprint density at radius 2 is 2.05 bits per heavy atom. The van der Waals surface area contributed by atoms with Crippen LogP contribution in [0.3, 0.4) is 0 Å². The highest BCUT2D eigenvalue weighted by molar-refractivity contribution is 5.99. The smallest absolute Gasteiger partial charge is 0.254 e. The van der Waals surface area contributed by atoms with Crippen LogP contribution in [0.4, 0.5) is 0 Å². The van der Waals surface area contributed by atoms with E-state index >= 15 is 0 Å². The number of hydrogen-bond donors (Lipinski definition) is 1. The minimum atomic E-state index is 0.137. The van der Waals surface area contributed by atoms with Crippen LogP contribution < -0.4 is 0 Å². The number of fused-ring (bicyclic) bond motifs is 1. The second kappa shape index (κ2) is 4.82. The van der Waals surface area contributed by atoms with Gasteiger partial charge < -0.3 is 9.88 Å². The third kappa shape index (κ3) is 2.13. The summed E-state index contributed by atoms with van der Waals surface area (Å²) in [5.41, 5.74) is 5.56. The number of nitrogens with zero attached hydrogens (tertiary/aromatic N) is 1. The van der Waals surface area contributed by atoms with Crippen molar-refractivity contribution in [2.24, 2.45) is 0 Å². The van der Waals surface area contributed by atoms with E-state index in [1.54, 1.807) is 0 Å². The number of rotatable bonds is 1. The van der Waals surface area contributed by atoms with Gasteiger partial charge >= 0.3 is 0 Å². The number of aromatic amines is 1. The van der Waals surface area contributed by atoms with Gasteiger partial charge in [0.1, 0.15) is 0 Å². The highest BCUT2D eigenvalue weighted by atomic mass is 16.2. The summed E-state index contributed by atoms with van der Waals surface area (Å²) in [6.45, 7) is 7.81. The molecule has 3 nitrogen and oxygen atoms in total. The monoisotopic (exact) mass is 268 g/mol. The second-order valence-electron chi connectivity index (χ2n) is 5.70. The van der Waals surface area contributed by atoms with Gasteiger partial charge in [-0.3, -0.25) is 4.79 Å². The standard InChI is InChI=1S/C17H20N2O/c1-11-5-4-8-19(10-11)17(20)14-6-7-16-15(9-14)12(2)13(3)18-16/h5-7,9,18H,4,8,10H2,1-3H3. The summed E-state index contributed by atoms with van der Waals surface area (Å²) in [7, 11) is 0. The molecule has 0 fully saturated rings. The predicted octanol–water partition coefficient (Wildman–Crippen LogP) is 3.58. The number of aromatic nitrogens is 1. The number of amides is 1. The summed E-state index contributed by atoms with van der Waals surface area (Å²) in [6.07, 6.45) is 3.18. The number of nitrogens with one attached hydrogen (secondary N) is 1. The lowest BCUT2D eigenvalue weighted by Crippen LogP contribution is -2.35. The van der Waals surface area contributed by atoms with E-state index in [2.05, 4.69) is 31.8 Å². The number of benzene rings is 1. The summed E-state index contributed by atoms with van der Waals surface area (Å²) in [4.78, 5) is 17.9. The topological polar surface area (TPSA) is 36.1 Å². The van der Waals surface area contributed by atoms with Gasteiger partial charge in [0.25, 0.3) is 5.91 Å². The fourth-order valence-corrected chi connectivity index (χ4v) is 2.86. The zero-order valence-corrected chi connectivity index (χ0v) is 12.3. The van der Waals surface area contributed by atoms with Crippen molar-refractivity contribution in [2.75, 3.05) is 13.1 Å². The van der Waals surface area contributed by atoms with Gasteiger partial charge in [0.2, 0.25) is 0 Å². The molecule has 0 aliphatic carbocycles. The molecule has 1 amide bonds. The van der Waals surface area contributed by atoms with E-state index in [4.69, 9.17) is 0 Å². The lowest BCUT2D eigenvalue weighted by molar-refractivity contribution is 0.0766. The third-order valence-corrected chi connectivity index (χ3v) is 4.17. The first-order chi connectivity index (χ1) is 9.56. The molecule has 0 unspecified atom stereocenters. The number of aryl methyl sites for hydroxylation is 2. The lowest BCUT2D eigenvalue weighted by Gasteiger charge is -2.26. The largest absolute Gasteiger partial charge is 0.358 e. The lowest BCUT2D eigenvalue weighted by atomic mass is 10.1. The zero-order valence-electron chi connectivity index (χ0n) is 12.3. The molecule has 0 atom stereocenters. The zero-order chi connectivity index (χ0) is 14.3. The van der Waals surface area contributed by atoms with Crippen molar-refractivity contribution >= 4 is 16.8 Å². The highest BCUT2D eigenvalue weighted by Gasteiger charge is 2.18. The average molecular weight is 268 g/mol. The molecule has 0 bridgehead atoms. The van der Waals surface area contributed by atoms with E-state index in [1.807, 2.05) is 23.1 Å². The van der Waals surface area contributed by atoms with Crippen molar-refractivity contribution in [1.29, 1.82) is 0 Å². The van der Waals surface area contributed by atoms with Gasteiger partial charge in [-0.25, -0.2) is 0 Å². The first kappa shape index (κ1) is 13.0. The molecule has 2 aromatic rings. The number of hydrogen-bond acceptors (Lipinski definition) is 1. The molecule has 1 aromatic carbocycles. The van der Waals surface area contributed by atoms with Gasteiger partial charge in [-0.05, 0) is 51.0 Å². The van der Waals surface area contributed by atoms with Crippen molar-refractivity contribution in [1.82, 2.24) is 9.88 Å². The summed E-state index contributed by atoms with van der Waals surface area (Å²) in [5.74, 6) is 0.137. The van der Waals surface area contributed by atoms with E-state index < -0.39 is 0 Å². The molecule has 1 aliphatic rings. The molecule has 3 heteroatoms. The van der Waals surface area contributed by atoms with Gasteiger partial charge in [-0.1, -0.05) is 11.6 Å². The SMILES string of the molecule is CC1=CCCN(C(=O)c2ccc3[nH]c(C)c(C)c3c2)C1. The molecule has 0 spiro atoms. The van der Waals surface area contributed by atoms with Crippen molar-refractivity contribution in [3.8, 4) is 0 Å². The maximum atomic E-state index is 12.6. The molecule has 1 N–H and O–H groups in total. The minimum Gasteiger partial charge on any atom is -0.358 e. The fourth-order valence-electron chi connectivity index (χ4n) is 2.86. The van der Waals surface area contributed by atoms with Gasteiger partial charge in [0.15, 0.2) is 0 Å². The van der Waals surface area contributed by atoms with E-state index in [9.17, 15) is 4.79 Å². The van der Waals surface area contributed by atoms with E-state index in [0.717, 1.165) is 36.0 Å². The Morgan fingerprint density at radius 1 is 1.25 bits per heavy atom. The Kier molecular flexibility index (Phi) is 3.13. The van der Waals surface area contributed by atoms with Crippen molar-refractivity contribution in [3.63, 3.8) is 0 Å². The quantitative estimate of drug-likeness (QED) is 0.788. The molecular formula is C17H20N2O. The number of carbonyl (C=O) groups is 1. The van der Waals surface area contributed by atoms with Crippen LogP contribution in [0.15, 0.2) is 29.8 Å². The normalized spacial score (nSPS) is 15.6. The van der Waals surface area contributed by atoms with E-state index in [1.165, 1.54) is 16.8 Å². The molecule has 1 aromatic heterocycles.